The van der Waals surface area contributed by atoms with Gasteiger partial charge in [0, 0.05) is 62.4 Å². The number of aromatic amines is 1. The molecule has 0 aliphatic carbocycles. The minimum absolute atomic E-state index is 0.0398. The van der Waals surface area contributed by atoms with Gasteiger partial charge in [0.2, 0.25) is 5.95 Å². The normalized spacial score (nSPS) is 16.8. The molecule has 8 nitrogen and oxygen atoms in total. The van der Waals surface area contributed by atoms with Crippen molar-refractivity contribution in [3.63, 3.8) is 0 Å². The van der Waals surface area contributed by atoms with Gasteiger partial charge in [0.05, 0.1) is 17.0 Å². The highest BCUT2D eigenvalue weighted by molar-refractivity contribution is 7.77. The van der Waals surface area contributed by atoms with Crippen LogP contribution in [0.5, 0.6) is 0 Å². The molecule has 30 heavy (non-hydrogen) atoms. The van der Waals surface area contributed by atoms with Gasteiger partial charge < -0.3 is 20.5 Å². The van der Waals surface area contributed by atoms with Crippen molar-refractivity contribution in [2.24, 2.45) is 0 Å². The maximum Gasteiger partial charge on any atom is 0.253 e. The Hall–Kier alpha value is -3.04. The molecule has 1 aromatic carbocycles. The topological polar surface area (TPSA) is 89.2 Å². The number of piperazine rings is 1. The van der Waals surface area contributed by atoms with Crippen LogP contribution in [-0.2, 0) is 6.42 Å². The molecule has 1 amide bonds. The molecule has 0 bridgehead atoms. The highest BCUT2D eigenvalue weighted by Gasteiger charge is 2.20. The number of carbonyl (C=O) groups excluding carboxylic acids is 1. The van der Waals surface area contributed by atoms with E-state index in [9.17, 15) is 4.79 Å². The molecular weight excluding hydrogens is 398 g/mol. The monoisotopic (exact) mass is 421 g/mol. The number of anilines is 3. The molecule has 1 saturated heterocycles. The van der Waals surface area contributed by atoms with Crippen molar-refractivity contribution in [1.82, 2.24) is 24.6 Å². The number of aromatic nitrogens is 3. The maximum absolute atomic E-state index is 12.0. The minimum atomic E-state index is -0.0398. The average molecular weight is 422 g/mol. The number of H-pyrrole nitrogens is 1. The van der Waals surface area contributed by atoms with Crippen LogP contribution in [0.2, 0.25) is 0 Å². The van der Waals surface area contributed by atoms with E-state index >= 15 is 0 Å². The molecule has 3 N–H and O–H groups in total. The summed E-state index contributed by atoms with van der Waals surface area (Å²) in [6, 6.07) is 12.0. The van der Waals surface area contributed by atoms with E-state index in [2.05, 4.69) is 55.4 Å². The van der Waals surface area contributed by atoms with Crippen molar-refractivity contribution < 1.29 is 4.79 Å². The standard InChI is InChI=1S/C21H23N7OS/c29-20-16-13-19(25-17(16)5-7-22-20)18-6-8-23-21(26-18)24-14-1-3-15(4-2-14)27-9-11-28(30)12-10-27/h1-4,6,8,13,25,30H,5,7,9-12H2,(H,22,29)(H,23,24,26). The van der Waals surface area contributed by atoms with Crippen LogP contribution in [-0.4, -0.2) is 57.9 Å². The Kier molecular flexibility index (Phi) is 5.06. The zero-order valence-electron chi connectivity index (χ0n) is 16.4. The van der Waals surface area contributed by atoms with Crippen LogP contribution in [0.3, 0.4) is 0 Å². The van der Waals surface area contributed by atoms with Crippen molar-refractivity contribution in [1.29, 1.82) is 0 Å². The van der Waals surface area contributed by atoms with Gasteiger partial charge in [0.1, 0.15) is 0 Å². The van der Waals surface area contributed by atoms with Crippen molar-refractivity contribution in [2.45, 2.75) is 6.42 Å². The molecule has 0 radical (unpaired) electrons. The van der Waals surface area contributed by atoms with E-state index < -0.39 is 0 Å². The fraction of sp³-hybridized carbons (Fsp3) is 0.286. The summed E-state index contributed by atoms with van der Waals surface area (Å²) in [5.74, 6) is 0.475. The summed E-state index contributed by atoms with van der Waals surface area (Å²) in [7, 11) is 0. The quantitative estimate of drug-likeness (QED) is 0.484. The molecule has 3 aromatic rings. The van der Waals surface area contributed by atoms with Crippen molar-refractivity contribution in [3.05, 3.63) is 53.9 Å². The maximum atomic E-state index is 12.0. The number of hydrogen-bond donors (Lipinski definition) is 4. The van der Waals surface area contributed by atoms with Gasteiger partial charge >= 0.3 is 0 Å². The summed E-state index contributed by atoms with van der Waals surface area (Å²) in [6.07, 6.45) is 2.52. The van der Waals surface area contributed by atoms with E-state index in [1.807, 2.05) is 28.6 Å². The highest BCUT2D eigenvalue weighted by Crippen LogP contribution is 2.25. The van der Waals surface area contributed by atoms with Crippen LogP contribution in [0.25, 0.3) is 11.4 Å². The molecule has 5 rings (SSSR count). The van der Waals surface area contributed by atoms with Gasteiger partial charge in [0.25, 0.3) is 5.91 Å². The highest BCUT2D eigenvalue weighted by atomic mass is 32.1. The fourth-order valence-electron chi connectivity index (χ4n) is 3.84. The van der Waals surface area contributed by atoms with E-state index in [0.717, 1.165) is 55.4 Å². The number of nitrogens with zero attached hydrogens (tertiary/aromatic N) is 4. The lowest BCUT2D eigenvalue weighted by Crippen LogP contribution is -2.42. The van der Waals surface area contributed by atoms with E-state index in [4.69, 9.17) is 0 Å². The first-order valence-electron chi connectivity index (χ1n) is 10.0. The Morgan fingerprint density at radius 1 is 1.07 bits per heavy atom. The van der Waals surface area contributed by atoms with Crippen LogP contribution >= 0.6 is 12.8 Å². The largest absolute Gasteiger partial charge is 0.369 e. The molecule has 154 valence electrons. The predicted octanol–water partition coefficient (Wildman–Crippen LogP) is 2.47. The average Bonchev–Trinajstić information content (AvgIpc) is 3.21. The van der Waals surface area contributed by atoms with Crippen LogP contribution in [0, 0.1) is 0 Å². The second-order valence-corrected chi connectivity index (χ2v) is 8.02. The molecule has 0 spiro atoms. The summed E-state index contributed by atoms with van der Waals surface area (Å²) >= 11 is 4.41. The lowest BCUT2D eigenvalue weighted by atomic mass is 10.1. The smallest absolute Gasteiger partial charge is 0.253 e. The third-order valence-electron chi connectivity index (χ3n) is 5.48. The number of amides is 1. The van der Waals surface area contributed by atoms with Gasteiger partial charge in [-0.2, -0.15) is 0 Å². The molecule has 4 heterocycles. The van der Waals surface area contributed by atoms with Crippen molar-refractivity contribution in [3.8, 4) is 11.4 Å². The van der Waals surface area contributed by atoms with Gasteiger partial charge in [-0.1, -0.05) is 12.8 Å². The van der Waals surface area contributed by atoms with Gasteiger partial charge in [0.15, 0.2) is 0 Å². The van der Waals surface area contributed by atoms with Crippen LogP contribution in [0.4, 0.5) is 17.3 Å². The lowest BCUT2D eigenvalue weighted by molar-refractivity contribution is 0.0946. The van der Waals surface area contributed by atoms with Crippen LogP contribution in [0.1, 0.15) is 16.1 Å². The summed E-state index contributed by atoms with van der Waals surface area (Å²) in [5, 5.41) is 6.13. The Morgan fingerprint density at radius 2 is 1.87 bits per heavy atom. The van der Waals surface area contributed by atoms with Gasteiger partial charge in [-0.15, -0.1) is 0 Å². The summed E-state index contributed by atoms with van der Waals surface area (Å²) in [5.41, 5.74) is 5.34. The minimum Gasteiger partial charge on any atom is -0.369 e. The Balaban J connectivity index is 1.31. The first-order valence-corrected chi connectivity index (χ1v) is 10.4. The molecule has 9 heteroatoms. The molecule has 0 saturated carbocycles. The Bertz CT molecular complexity index is 1060. The lowest BCUT2D eigenvalue weighted by Gasteiger charge is -2.33. The molecule has 2 aromatic heterocycles. The van der Waals surface area contributed by atoms with Gasteiger partial charge in [-0.3, -0.25) is 4.79 Å². The first kappa shape index (κ1) is 19.0. The SMILES string of the molecule is O=C1NCCc2[nH]c(-c3ccnc(Nc4ccc(N5CCN(S)CC5)cc4)n3)cc21. The van der Waals surface area contributed by atoms with Crippen LogP contribution in [0.15, 0.2) is 42.6 Å². The van der Waals surface area contributed by atoms with Crippen LogP contribution < -0.4 is 15.5 Å². The van der Waals surface area contributed by atoms with Crippen molar-refractivity contribution >= 4 is 36.0 Å². The number of thiol groups is 1. The Morgan fingerprint density at radius 3 is 2.63 bits per heavy atom. The second-order valence-electron chi connectivity index (χ2n) is 7.46. The molecule has 0 unspecified atom stereocenters. The van der Waals surface area contributed by atoms with E-state index in [-0.39, 0.29) is 5.91 Å². The summed E-state index contributed by atoms with van der Waals surface area (Å²) in [4.78, 5) is 26.6. The molecule has 0 atom stereocenters. The molecule has 2 aliphatic heterocycles. The zero-order valence-corrected chi connectivity index (χ0v) is 17.3. The van der Waals surface area contributed by atoms with E-state index in [0.29, 0.717) is 18.1 Å². The zero-order chi connectivity index (χ0) is 20.5. The second kappa shape index (κ2) is 8.00. The number of nitrogens with one attached hydrogen (secondary N) is 3. The third kappa shape index (κ3) is 3.86. The fourth-order valence-corrected chi connectivity index (χ4v) is 4.02. The van der Waals surface area contributed by atoms with E-state index in [1.54, 1.807) is 6.20 Å². The molecular formula is C21H23N7OS. The third-order valence-corrected chi connectivity index (χ3v) is 5.88. The molecule has 1 fully saturated rings. The molecule has 2 aliphatic rings. The predicted molar refractivity (Wildman–Crippen MR) is 120 cm³/mol. The summed E-state index contributed by atoms with van der Waals surface area (Å²) < 4.78 is 2.05. The van der Waals surface area contributed by atoms with Crippen molar-refractivity contribution in [2.75, 3.05) is 42.9 Å². The van der Waals surface area contributed by atoms with Gasteiger partial charge in [-0.05, 0) is 36.4 Å². The van der Waals surface area contributed by atoms with E-state index in [1.165, 1.54) is 5.69 Å². The number of fused-ring (bicyclic) bond motifs is 1. The number of rotatable bonds is 4. The number of hydrogen-bond acceptors (Lipinski definition) is 7. The summed E-state index contributed by atoms with van der Waals surface area (Å²) in [6.45, 7) is 4.50. The first-order chi connectivity index (χ1) is 14.7. The number of benzene rings is 1. The Labute approximate surface area is 180 Å². The van der Waals surface area contributed by atoms with Gasteiger partial charge in [-0.25, -0.2) is 14.3 Å². The number of carbonyl (C=O) groups is 1.